The molecule has 1 aromatic carbocycles. The fraction of sp³-hybridized carbons (Fsp3) is 0.182. The van der Waals surface area contributed by atoms with E-state index in [4.69, 9.17) is 5.73 Å². The topological polar surface area (TPSA) is 43.8 Å². The van der Waals surface area contributed by atoms with Gasteiger partial charge in [-0.15, -0.1) is 0 Å². The number of imidazole rings is 1. The number of nitrogens with two attached hydrogens (primary N) is 1. The van der Waals surface area contributed by atoms with Crippen LogP contribution in [0.15, 0.2) is 36.7 Å². The van der Waals surface area contributed by atoms with Gasteiger partial charge in [-0.2, -0.15) is 0 Å². The van der Waals surface area contributed by atoms with Crippen LogP contribution in [0.5, 0.6) is 0 Å². The van der Waals surface area contributed by atoms with Crippen molar-refractivity contribution in [3.8, 4) is 5.69 Å². The fourth-order valence-electron chi connectivity index (χ4n) is 1.46. The van der Waals surface area contributed by atoms with Crippen molar-refractivity contribution < 1.29 is 0 Å². The first-order valence-corrected chi connectivity index (χ1v) is 4.70. The van der Waals surface area contributed by atoms with Gasteiger partial charge in [-0.25, -0.2) is 4.98 Å². The lowest BCUT2D eigenvalue weighted by molar-refractivity contribution is 1.06. The molecule has 0 bridgehead atoms. The van der Waals surface area contributed by atoms with Gasteiger partial charge in [0.15, 0.2) is 0 Å². The molecule has 0 saturated heterocycles. The second-order valence-electron chi connectivity index (χ2n) is 3.14. The summed E-state index contributed by atoms with van der Waals surface area (Å²) in [7, 11) is 0. The number of para-hydroxylation sites is 1. The lowest BCUT2D eigenvalue weighted by atomic mass is 10.3. The van der Waals surface area contributed by atoms with Gasteiger partial charge in [-0.05, 0) is 18.6 Å². The van der Waals surface area contributed by atoms with E-state index < -0.39 is 0 Å². The van der Waals surface area contributed by atoms with E-state index in [1.54, 1.807) is 6.33 Å². The van der Waals surface area contributed by atoms with E-state index in [1.165, 1.54) is 0 Å². The molecular formula is C11H13N3. The van der Waals surface area contributed by atoms with Crippen molar-refractivity contribution >= 4 is 5.82 Å². The zero-order chi connectivity index (χ0) is 9.97. The maximum atomic E-state index is 5.95. The number of hydrogen-bond donors (Lipinski definition) is 1. The van der Waals surface area contributed by atoms with Crippen LogP contribution in [0.25, 0.3) is 5.69 Å². The number of hydrogen-bond acceptors (Lipinski definition) is 2. The van der Waals surface area contributed by atoms with Gasteiger partial charge in [0.2, 0.25) is 0 Å². The van der Waals surface area contributed by atoms with Crippen molar-refractivity contribution in [2.24, 2.45) is 0 Å². The number of nitrogen functional groups attached to an aromatic ring is 1. The van der Waals surface area contributed by atoms with Crippen LogP contribution in [-0.2, 0) is 6.42 Å². The second-order valence-corrected chi connectivity index (χ2v) is 3.14. The molecule has 0 aliphatic carbocycles. The van der Waals surface area contributed by atoms with Crippen LogP contribution in [0, 0.1) is 0 Å². The molecule has 1 aromatic heterocycles. The maximum Gasteiger partial charge on any atom is 0.131 e. The molecule has 0 unspecified atom stereocenters. The minimum atomic E-state index is 0.735. The highest BCUT2D eigenvalue weighted by atomic mass is 15.1. The summed E-state index contributed by atoms with van der Waals surface area (Å²) in [6.45, 7) is 2.05. The number of nitrogens with zero attached hydrogens (tertiary/aromatic N) is 2. The molecule has 0 spiro atoms. The van der Waals surface area contributed by atoms with E-state index in [2.05, 4.69) is 4.98 Å². The minimum absolute atomic E-state index is 0.735. The number of rotatable bonds is 2. The summed E-state index contributed by atoms with van der Waals surface area (Å²) in [6.07, 6.45) is 2.63. The summed E-state index contributed by atoms with van der Waals surface area (Å²) in [5, 5.41) is 0. The van der Waals surface area contributed by atoms with Gasteiger partial charge in [-0.3, -0.25) is 4.57 Å². The molecule has 1 heterocycles. The Bertz CT molecular complexity index is 417. The highest BCUT2D eigenvalue weighted by molar-refractivity contribution is 5.46. The van der Waals surface area contributed by atoms with Crippen LogP contribution in [0.3, 0.4) is 0 Å². The molecule has 2 aromatic rings. The SMILES string of the molecule is CCc1ncn(-c2ccccc2)c1N. The van der Waals surface area contributed by atoms with Crippen LogP contribution in [0.2, 0.25) is 0 Å². The smallest absolute Gasteiger partial charge is 0.131 e. The van der Waals surface area contributed by atoms with E-state index in [0.717, 1.165) is 23.6 Å². The monoisotopic (exact) mass is 187 g/mol. The highest BCUT2D eigenvalue weighted by Gasteiger charge is 2.05. The Kier molecular flexibility index (Phi) is 2.23. The maximum absolute atomic E-state index is 5.95. The molecule has 2 N–H and O–H groups in total. The normalized spacial score (nSPS) is 10.4. The molecule has 14 heavy (non-hydrogen) atoms. The van der Waals surface area contributed by atoms with Crippen molar-refractivity contribution in [2.75, 3.05) is 5.73 Å². The standard InChI is InChI=1S/C11H13N3/c1-2-10-11(12)14(8-13-10)9-6-4-3-5-7-9/h3-8H,2,12H2,1H3. The Labute approximate surface area is 83.2 Å². The summed E-state index contributed by atoms with van der Waals surface area (Å²) in [4.78, 5) is 4.25. The zero-order valence-electron chi connectivity index (χ0n) is 8.14. The van der Waals surface area contributed by atoms with Crippen LogP contribution in [0.1, 0.15) is 12.6 Å². The van der Waals surface area contributed by atoms with Gasteiger partial charge in [0.05, 0.1) is 5.69 Å². The van der Waals surface area contributed by atoms with Crippen LogP contribution in [-0.4, -0.2) is 9.55 Å². The Balaban J connectivity index is 2.48. The Hall–Kier alpha value is -1.77. The van der Waals surface area contributed by atoms with Crippen molar-refractivity contribution in [2.45, 2.75) is 13.3 Å². The zero-order valence-corrected chi connectivity index (χ0v) is 8.14. The molecule has 0 aliphatic heterocycles. The quantitative estimate of drug-likeness (QED) is 0.781. The number of anilines is 1. The molecule has 3 heteroatoms. The van der Waals surface area contributed by atoms with Gasteiger partial charge >= 0.3 is 0 Å². The van der Waals surface area contributed by atoms with Crippen LogP contribution >= 0.6 is 0 Å². The third-order valence-electron chi connectivity index (χ3n) is 2.25. The third kappa shape index (κ3) is 1.37. The Morgan fingerprint density at radius 2 is 2.00 bits per heavy atom. The lowest BCUT2D eigenvalue weighted by Gasteiger charge is -2.04. The molecule has 0 atom stereocenters. The van der Waals surface area contributed by atoms with Gasteiger partial charge in [0.1, 0.15) is 12.1 Å². The van der Waals surface area contributed by atoms with Gasteiger partial charge in [0.25, 0.3) is 0 Å². The van der Waals surface area contributed by atoms with Crippen LogP contribution in [0.4, 0.5) is 5.82 Å². The van der Waals surface area contributed by atoms with Gasteiger partial charge < -0.3 is 5.73 Å². The largest absolute Gasteiger partial charge is 0.383 e. The number of aryl methyl sites for hydroxylation is 1. The first-order valence-electron chi connectivity index (χ1n) is 4.70. The first-order chi connectivity index (χ1) is 6.83. The fourth-order valence-corrected chi connectivity index (χ4v) is 1.46. The average molecular weight is 187 g/mol. The molecular weight excluding hydrogens is 174 g/mol. The Morgan fingerprint density at radius 1 is 1.29 bits per heavy atom. The van der Waals surface area contributed by atoms with Gasteiger partial charge in [-0.1, -0.05) is 25.1 Å². The van der Waals surface area contributed by atoms with Crippen molar-refractivity contribution in [1.29, 1.82) is 0 Å². The number of aromatic nitrogens is 2. The van der Waals surface area contributed by atoms with Crippen LogP contribution < -0.4 is 5.73 Å². The average Bonchev–Trinajstić information content (AvgIpc) is 2.61. The van der Waals surface area contributed by atoms with E-state index in [9.17, 15) is 0 Å². The molecule has 0 fully saturated rings. The number of benzene rings is 1. The first kappa shape index (κ1) is 8.81. The van der Waals surface area contributed by atoms with Gasteiger partial charge in [0, 0.05) is 5.69 Å². The second kappa shape index (κ2) is 3.54. The summed E-state index contributed by atoms with van der Waals surface area (Å²) in [5.74, 6) is 0.735. The summed E-state index contributed by atoms with van der Waals surface area (Å²) >= 11 is 0. The summed E-state index contributed by atoms with van der Waals surface area (Å²) < 4.78 is 1.90. The van der Waals surface area contributed by atoms with Crippen molar-refractivity contribution in [3.63, 3.8) is 0 Å². The predicted molar refractivity (Wildman–Crippen MR) is 57.4 cm³/mol. The summed E-state index contributed by atoms with van der Waals surface area (Å²) in [5.41, 5.74) is 7.95. The molecule has 0 radical (unpaired) electrons. The molecule has 2 rings (SSSR count). The Morgan fingerprint density at radius 3 is 2.57 bits per heavy atom. The molecule has 0 saturated carbocycles. The minimum Gasteiger partial charge on any atom is -0.383 e. The molecule has 72 valence electrons. The van der Waals surface area contributed by atoms with E-state index >= 15 is 0 Å². The van der Waals surface area contributed by atoms with E-state index in [-0.39, 0.29) is 0 Å². The highest BCUT2D eigenvalue weighted by Crippen LogP contribution is 2.16. The van der Waals surface area contributed by atoms with E-state index in [1.807, 2.05) is 41.8 Å². The summed E-state index contributed by atoms with van der Waals surface area (Å²) in [6, 6.07) is 9.98. The molecule has 3 nitrogen and oxygen atoms in total. The lowest BCUT2D eigenvalue weighted by Crippen LogP contribution is -2.00. The van der Waals surface area contributed by atoms with Crippen molar-refractivity contribution in [1.82, 2.24) is 9.55 Å². The molecule has 0 aliphatic rings. The van der Waals surface area contributed by atoms with Crippen molar-refractivity contribution in [3.05, 3.63) is 42.4 Å². The molecule has 0 amide bonds. The predicted octanol–water partition coefficient (Wildman–Crippen LogP) is 2.02. The van der Waals surface area contributed by atoms with E-state index in [0.29, 0.717) is 0 Å². The third-order valence-corrected chi connectivity index (χ3v) is 2.25.